The largest absolute Gasteiger partial charge is 0.449 e. The SMILES string of the molecule is CCCCOC(=O)N1CC2(C1)CN(c1ccc(Cl)cc1F)C2. The van der Waals surface area contributed by atoms with Crippen LogP contribution in [0.2, 0.25) is 5.02 Å². The maximum Gasteiger partial charge on any atom is 0.409 e. The lowest BCUT2D eigenvalue weighted by Crippen LogP contribution is -2.73. The van der Waals surface area contributed by atoms with Crippen molar-refractivity contribution in [2.24, 2.45) is 5.41 Å². The van der Waals surface area contributed by atoms with Crippen molar-refractivity contribution >= 4 is 23.4 Å². The van der Waals surface area contributed by atoms with Crippen molar-refractivity contribution in [2.75, 3.05) is 37.7 Å². The van der Waals surface area contributed by atoms with Crippen LogP contribution in [0.3, 0.4) is 0 Å². The van der Waals surface area contributed by atoms with Crippen LogP contribution >= 0.6 is 11.6 Å². The molecule has 0 atom stereocenters. The number of halogens is 2. The second-order valence-electron chi connectivity index (χ2n) is 6.28. The molecule has 0 radical (unpaired) electrons. The van der Waals surface area contributed by atoms with E-state index in [1.807, 2.05) is 4.90 Å². The standard InChI is InChI=1S/C16H20ClFN2O2/c1-2-3-6-22-15(21)20-10-16(11-20)8-19(9-16)14-5-4-12(17)7-13(14)18/h4-5,7H,2-3,6,8-11H2,1H3. The summed E-state index contributed by atoms with van der Waals surface area (Å²) in [5.41, 5.74) is 0.689. The predicted octanol–water partition coefficient (Wildman–Crippen LogP) is 3.54. The molecule has 0 bridgehead atoms. The summed E-state index contributed by atoms with van der Waals surface area (Å²) in [5.74, 6) is -0.294. The van der Waals surface area contributed by atoms with Crippen molar-refractivity contribution < 1.29 is 13.9 Å². The van der Waals surface area contributed by atoms with Crippen molar-refractivity contribution in [1.82, 2.24) is 4.90 Å². The Morgan fingerprint density at radius 3 is 2.73 bits per heavy atom. The number of ether oxygens (including phenoxy) is 1. The minimum atomic E-state index is -0.294. The van der Waals surface area contributed by atoms with E-state index in [2.05, 4.69) is 6.92 Å². The second kappa shape index (κ2) is 5.95. The number of amides is 1. The van der Waals surface area contributed by atoms with Crippen LogP contribution in [0.15, 0.2) is 18.2 Å². The molecule has 4 nitrogen and oxygen atoms in total. The summed E-state index contributed by atoms with van der Waals surface area (Å²) in [6.07, 6.45) is 1.68. The van der Waals surface area contributed by atoms with Crippen LogP contribution < -0.4 is 4.90 Å². The summed E-state index contributed by atoms with van der Waals surface area (Å²) in [6, 6.07) is 4.74. The summed E-state index contributed by atoms with van der Waals surface area (Å²) >= 11 is 5.77. The van der Waals surface area contributed by atoms with Crippen LogP contribution in [0.4, 0.5) is 14.9 Å². The minimum absolute atomic E-state index is 0.107. The molecule has 1 amide bonds. The third-order valence-corrected chi connectivity index (χ3v) is 4.57. The first-order valence-electron chi connectivity index (χ1n) is 7.65. The van der Waals surface area contributed by atoms with E-state index in [0.717, 1.165) is 25.9 Å². The number of unbranched alkanes of at least 4 members (excludes halogenated alkanes) is 1. The molecule has 0 aromatic heterocycles. The van der Waals surface area contributed by atoms with Crippen molar-refractivity contribution in [1.29, 1.82) is 0 Å². The molecule has 22 heavy (non-hydrogen) atoms. The maximum atomic E-state index is 13.9. The van der Waals surface area contributed by atoms with Crippen LogP contribution in [0.25, 0.3) is 0 Å². The highest BCUT2D eigenvalue weighted by Gasteiger charge is 2.54. The molecule has 1 spiro atoms. The van der Waals surface area contributed by atoms with Gasteiger partial charge in [0.1, 0.15) is 5.82 Å². The fourth-order valence-electron chi connectivity index (χ4n) is 3.16. The van der Waals surface area contributed by atoms with Gasteiger partial charge in [-0.15, -0.1) is 0 Å². The zero-order valence-electron chi connectivity index (χ0n) is 12.6. The van der Waals surface area contributed by atoms with Crippen LogP contribution in [0.1, 0.15) is 19.8 Å². The summed E-state index contributed by atoms with van der Waals surface area (Å²) < 4.78 is 19.1. The van der Waals surface area contributed by atoms with Crippen LogP contribution in [-0.4, -0.2) is 43.8 Å². The van der Waals surface area contributed by atoms with Gasteiger partial charge in [0.25, 0.3) is 0 Å². The van der Waals surface area contributed by atoms with Gasteiger partial charge < -0.3 is 14.5 Å². The topological polar surface area (TPSA) is 32.8 Å². The first-order valence-corrected chi connectivity index (χ1v) is 8.02. The van der Waals surface area contributed by atoms with Gasteiger partial charge in [-0.3, -0.25) is 0 Å². The highest BCUT2D eigenvalue weighted by atomic mass is 35.5. The Kier molecular flexibility index (Phi) is 4.17. The molecular weight excluding hydrogens is 307 g/mol. The van der Waals surface area contributed by atoms with Crippen LogP contribution in [0.5, 0.6) is 0 Å². The molecule has 0 aliphatic carbocycles. The second-order valence-corrected chi connectivity index (χ2v) is 6.71. The van der Waals surface area contributed by atoms with Gasteiger partial charge in [-0.2, -0.15) is 0 Å². The number of carbonyl (C=O) groups excluding carboxylic acids is 1. The summed E-state index contributed by atoms with van der Waals surface area (Å²) in [5, 5.41) is 0.404. The monoisotopic (exact) mass is 326 g/mol. The molecule has 2 heterocycles. The zero-order valence-corrected chi connectivity index (χ0v) is 13.4. The lowest BCUT2D eigenvalue weighted by Gasteiger charge is -2.60. The molecule has 1 aromatic carbocycles. The molecule has 2 fully saturated rings. The summed E-state index contributed by atoms with van der Waals surface area (Å²) in [6.45, 7) is 5.48. The Balaban J connectivity index is 1.47. The molecule has 6 heteroatoms. The van der Waals surface area contributed by atoms with Crippen molar-refractivity contribution in [3.8, 4) is 0 Å². The van der Waals surface area contributed by atoms with E-state index >= 15 is 0 Å². The Morgan fingerprint density at radius 2 is 2.09 bits per heavy atom. The van der Waals surface area contributed by atoms with E-state index in [1.54, 1.807) is 17.0 Å². The quantitative estimate of drug-likeness (QED) is 0.793. The molecule has 120 valence electrons. The van der Waals surface area contributed by atoms with Crippen LogP contribution in [0, 0.1) is 11.2 Å². The molecule has 2 saturated heterocycles. The Labute approximate surface area is 134 Å². The molecule has 2 aliphatic rings. The molecular formula is C16H20ClFN2O2. The first kappa shape index (κ1) is 15.4. The van der Waals surface area contributed by atoms with Gasteiger partial charge in [0.15, 0.2) is 0 Å². The van der Waals surface area contributed by atoms with E-state index < -0.39 is 0 Å². The normalized spacial score (nSPS) is 18.9. The fourth-order valence-corrected chi connectivity index (χ4v) is 3.32. The van der Waals surface area contributed by atoms with E-state index in [1.165, 1.54) is 6.07 Å². The minimum Gasteiger partial charge on any atom is -0.449 e. The number of anilines is 1. The molecule has 0 N–H and O–H groups in total. The molecule has 2 aliphatic heterocycles. The Hall–Kier alpha value is -1.49. The number of benzene rings is 1. The third kappa shape index (κ3) is 2.86. The van der Waals surface area contributed by atoms with Gasteiger partial charge in [-0.05, 0) is 24.6 Å². The highest BCUT2D eigenvalue weighted by molar-refractivity contribution is 6.30. The van der Waals surface area contributed by atoms with Crippen LogP contribution in [-0.2, 0) is 4.74 Å². The van der Waals surface area contributed by atoms with Crippen molar-refractivity contribution in [2.45, 2.75) is 19.8 Å². The molecule has 0 unspecified atom stereocenters. The van der Waals surface area contributed by atoms with E-state index in [4.69, 9.17) is 16.3 Å². The number of hydrogen-bond acceptors (Lipinski definition) is 3. The summed E-state index contributed by atoms with van der Waals surface area (Å²) in [7, 11) is 0. The fraction of sp³-hybridized carbons (Fsp3) is 0.562. The van der Waals surface area contributed by atoms with Gasteiger partial charge in [0, 0.05) is 36.6 Å². The average Bonchev–Trinajstić information content (AvgIpc) is 2.38. The molecule has 1 aromatic rings. The highest BCUT2D eigenvalue weighted by Crippen LogP contribution is 2.42. The summed E-state index contributed by atoms with van der Waals surface area (Å²) in [4.78, 5) is 15.5. The van der Waals surface area contributed by atoms with Gasteiger partial charge in [-0.25, -0.2) is 9.18 Å². The van der Waals surface area contributed by atoms with E-state index in [-0.39, 0.29) is 17.3 Å². The first-order chi connectivity index (χ1) is 10.5. The number of rotatable bonds is 4. The number of carbonyl (C=O) groups is 1. The van der Waals surface area contributed by atoms with Gasteiger partial charge >= 0.3 is 6.09 Å². The third-order valence-electron chi connectivity index (χ3n) is 4.34. The smallest absolute Gasteiger partial charge is 0.409 e. The predicted molar refractivity (Wildman–Crippen MR) is 83.9 cm³/mol. The van der Waals surface area contributed by atoms with Gasteiger partial charge in [-0.1, -0.05) is 24.9 Å². The number of likely N-dealkylation sites (tertiary alicyclic amines) is 1. The van der Waals surface area contributed by atoms with Crippen molar-refractivity contribution in [3.05, 3.63) is 29.0 Å². The zero-order chi connectivity index (χ0) is 15.7. The lowest BCUT2D eigenvalue weighted by atomic mass is 9.73. The van der Waals surface area contributed by atoms with Gasteiger partial charge in [0.05, 0.1) is 12.3 Å². The number of hydrogen-bond donors (Lipinski definition) is 0. The Bertz CT molecular complexity index is 567. The van der Waals surface area contributed by atoms with E-state index in [9.17, 15) is 9.18 Å². The maximum absolute atomic E-state index is 13.9. The van der Waals surface area contributed by atoms with E-state index in [0.29, 0.717) is 30.4 Å². The van der Waals surface area contributed by atoms with Crippen molar-refractivity contribution in [3.63, 3.8) is 0 Å². The number of nitrogens with zero attached hydrogens (tertiary/aromatic N) is 2. The lowest BCUT2D eigenvalue weighted by molar-refractivity contribution is -0.0209. The average molecular weight is 327 g/mol. The molecule has 3 rings (SSSR count). The molecule has 0 saturated carbocycles. The van der Waals surface area contributed by atoms with Gasteiger partial charge in [0.2, 0.25) is 0 Å². The Morgan fingerprint density at radius 1 is 1.36 bits per heavy atom.